The van der Waals surface area contributed by atoms with Gasteiger partial charge in [0.2, 0.25) is 0 Å². The van der Waals surface area contributed by atoms with Gasteiger partial charge in [-0.1, -0.05) is 12.1 Å². The zero-order valence-corrected chi connectivity index (χ0v) is 17.5. The second-order valence-electron chi connectivity index (χ2n) is 7.31. The minimum atomic E-state index is -0.138. The van der Waals surface area contributed by atoms with Crippen molar-refractivity contribution in [3.05, 3.63) is 41.9 Å². The number of hydrogen-bond acceptors (Lipinski definition) is 7. The van der Waals surface area contributed by atoms with Crippen LogP contribution in [0.25, 0.3) is 0 Å². The van der Waals surface area contributed by atoms with Crippen LogP contribution in [0.2, 0.25) is 0 Å². The molecule has 0 bridgehead atoms. The van der Waals surface area contributed by atoms with Crippen molar-refractivity contribution in [1.82, 2.24) is 20.2 Å². The van der Waals surface area contributed by atoms with E-state index in [1.807, 2.05) is 37.2 Å². The minimum absolute atomic E-state index is 0.0699. The van der Waals surface area contributed by atoms with E-state index in [0.717, 1.165) is 36.7 Å². The predicted molar refractivity (Wildman–Crippen MR) is 111 cm³/mol. The Morgan fingerprint density at radius 1 is 1.21 bits per heavy atom. The van der Waals surface area contributed by atoms with Gasteiger partial charge in [-0.2, -0.15) is 0 Å². The number of para-hydroxylation sites is 2. The second-order valence-corrected chi connectivity index (χ2v) is 7.31. The molecule has 0 aliphatic carbocycles. The van der Waals surface area contributed by atoms with Gasteiger partial charge < -0.3 is 24.6 Å². The van der Waals surface area contributed by atoms with Crippen molar-refractivity contribution in [2.75, 3.05) is 46.3 Å². The number of rotatable bonds is 8. The molecule has 1 aromatic heterocycles. The summed E-state index contributed by atoms with van der Waals surface area (Å²) >= 11 is 0. The first-order valence-electron chi connectivity index (χ1n) is 9.76. The van der Waals surface area contributed by atoms with Crippen LogP contribution in [-0.4, -0.2) is 62.2 Å². The number of amides is 1. The molecule has 0 saturated carbocycles. The molecule has 156 valence electrons. The van der Waals surface area contributed by atoms with Crippen LogP contribution in [0.4, 0.5) is 5.82 Å². The van der Waals surface area contributed by atoms with E-state index < -0.39 is 0 Å². The van der Waals surface area contributed by atoms with Crippen molar-refractivity contribution >= 4 is 11.7 Å². The number of likely N-dealkylation sites (N-methyl/N-ethyl adjacent to an activating group) is 1. The van der Waals surface area contributed by atoms with Gasteiger partial charge in [-0.15, -0.1) is 0 Å². The molecule has 1 aliphatic rings. The Labute approximate surface area is 171 Å². The highest BCUT2D eigenvalue weighted by atomic mass is 16.5. The molecule has 1 aromatic carbocycles. The first-order valence-corrected chi connectivity index (χ1v) is 9.76. The van der Waals surface area contributed by atoms with Crippen LogP contribution >= 0.6 is 0 Å². The third kappa shape index (κ3) is 5.35. The minimum Gasteiger partial charge on any atom is -0.493 e. The van der Waals surface area contributed by atoms with Crippen LogP contribution in [0.5, 0.6) is 11.5 Å². The van der Waals surface area contributed by atoms with Crippen LogP contribution in [-0.2, 0) is 11.3 Å². The third-order valence-corrected chi connectivity index (χ3v) is 4.86. The lowest BCUT2D eigenvalue weighted by Crippen LogP contribution is -2.31. The first-order chi connectivity index (χ1) is 14.0. The van der Waals surface area contributed by atoms with Crippen molar-refractivity contribution in [3.63, 3.8) is 0 Å². The van der Waals surface area contributed by atoms with Gasteiger partial charge >= 0.3 is 0 Å². The Bertz CT molecular complexity index is 837. The first kappa shape index (κ1) is 20.9. The molecule has 3 rings (SSSR count). The Balaban J connectivity index is 1.67. The maximum atomic E-state index is 12.6. The van der Waals surface area contributed by atoms with Crippen molar-refractivity contribution in [3.8, 4) is 11.5 Å². The third-order valence-electron chi connectivity index (χ3n) is 4.86. The molecule has 2 aromatic rings. The van der Waals surface area contributed by atoms with E-state index in [-0.39, 0.29) is 18.6 Å². The molecule has 1 saturated heterocycles. The van der Waals surface area contributed by atoms with Gasteiger partial charge in [-0.25, -0.2) is 9.97 Å². The molecule has 1 unspecified atom stereocenters. The highest BCUT2D eigenvalue weighted by Gasteiger charge is 2.21. The summed E-state index contributed by atoms with van der Waals surface area (Å²) in [6, 6.07) is 9.36. The smallest absolute Gasteiger partial charge is 0.260 e. The predicted octanol–water partition coefficient (Wildman–Crippen LogP) is 2.01. The summed E-state index contributed by atoms with van der Waals surface area (Å²) < 4.78 is 10.9. The van der Waals surface area contributed by atoms with Gasteiger partial charge in [0.1, 0.15) is 11.6 Å². The summed E-state index contributed by atoms with van der Waals surface area (Å²) in [7, 11) is 7.23. The number of nitrogens with one attached hydrogen (secondary N) is 1. The van der Waals surface area contributed by atoms with Crippen LogP contribution < -0.4 is 19.7 Å². The van der Waals surface area contributed by atoms with Gasteiger partial charge in [0.15, 0.2) is 18.1 Å². The molecule has 1 fully saturated rings. The average Bonchev–Trinajstić information content (AvgIpc) is 3.26. The zero-order valence-electron chi connectivity index (χ0n) is 17.5. The molecule has 1 amide bonds. The summed E-state index contributed by atoms with van der Waals surface area (Å²) in [4.78, 5) is 25.5. The van der Waals surface area contributed by atoms with E-state index >= 15 is 0 Å². The summed E-state index contributed by atoms with van der Waals surface area (Å²) in [5.41, 5.74) is 0.806. The Morgan fingerprint density at radius 3 is 2.62 bits per heavy atom. The molecular weight excluding hydrogens is 370 g/mol. The zero-order chi connectivity index (χ0) is 20.8. The number of anilines is 1. The number of methoxy groups -OCH3 is 1. The van der Waals surface area contributed by atoms with Gasteiger partial charge in [-0.05, 0) is 31.5 Å². The van der Waals surface area contributed by atoms with E-state index in [2.05, 4.69) is 10.3 Å². The lowest BCUT2D eigenvalue weighted by atomic mass is 10.2. The normalized spacial score (nSPS) is 15.8. The number of hydrogen-bond donors (Lipinski definition) is 1. The standard InChI is InChI=1S/C21H29N5O3/c1-25(2)19-12-15(23-21(24-19)16-8-7-11-22-16)13-26(3)20(27)14-29-18-10-6-5-9-17(18)28-4/h5-6,9-10,12,16,22H,7-8,11,13-14H2,1-4H3. The lowest BCUT2D eigenvalue weighted by molar-refractivity contribution is -0.132. The fourth-order valence-electron chi connectivity index (χ4n) is 3.19. The summed E-state index contributed by atoms with van der Waals surface area (Å²) in [6.45, 7) is 1.30. The van der Waals surface area contributed by atoms with Crippen molar-refractivity contribution < 1.29 is 14.3 Å². The molecule has 1 atom stereocenters. The number of carbonyl (C=O) groups is 1. The fourth-order valence-corrected chi connectivity index (χ4v) is 3.19. The van der Waals surface area contributed by atoms with Crippen LogP contribution in [0.1, 0.15) is 30.4 Å². The van der Waals surface area contributed by atoms with Crippen molar-refractivity contribution in [2.45, 2.75) is 25.4 Å². The molecular formula is C21H29N5O3. The highest BCUT2D eigenvalue weighted by molar-refractivity contribution is 5.77. The number of nitrogens with zero attached hydrogens (tertiary/aromatic N) is 4. The van der Waals surface area contributed by atoms with Crippen LogP contribution in [0, 0.1) is 0 Å². The molecule has 2 heterocycles. The fraction of sp³-hybridized carbons (Fsp3) is 0.476. The maximum absolute atomic E-state index is 12.6. The Morgan fingerprint density at radius 2 is 1.97 bits per heavy atom. The van der Waals surface area contributed by atoms with E-state index in [4.69, 9.17) is 14.5 Å². The molecule has 0 radical (unpaired) electrons. The summed E-state index contributed by atoms with van der Waals surface area (Å²) in [5, 5.41) is 3.44. The number of benzene rings is 1. The Kier molecular flexibility index (Phi) is 6.87. The molecule has 29 heavy (non-hydrogen) atoms. The Hall–Kier alpha value is -2.87. The maximum Gasteiger partial charge on any atom is 0.260 e. The SMILES string of the molecule is COc1ccccc1OCC(=O)N(C)Cc1cc(N(C)C)nc(C2CCCN2)n1. The monoisotopic (exact) mass is 399 g/mol. The van der Waals surface area contributed by atoms with Gasteiger partial charge in [0.25, 0.3) is 5.91 Å². The van der Waals surface area contributed by atoms with Gasteiger partial charge in [0, 0.05) is 27.2 Å². The molecule has 0 spiro atoms. The largest absolute Gasteiger partial charge is 0.493 e. The number of aromatic nitrogens is 2. The topological polar surface area (TPSA) is 79.8 Å². The highest BCUT2D eigenvalue weighted by Crippen LogP contribution is 2.26. The van der Waals surface area contributed by atoms with E-state index in [0.29, 0.717) is 18.0 Å². The van der Waals surface area contributed by atoms with Crippen LogP contribution in [0.3, 0.4) is 0 Å². The van der Waals surface area contributed by atoms with Gasteiger partial charge in [-0.3, -0.25) is 4.79 Å². The molecule has 1 aliphatic heterocycles. The van der Waals surface area contributed by atoms with E-state index in [9.17, 15) is 4.79 Å². The van der Waals surface area contributed by atoms with Gasteiger partial charge in [0.05, 0.1) is 25.4 Å². The average molecular weight is 399 g/mol. The lowest BCUT2D eigenvalue weighted by Gasteiger charge is -2.20. The molecule has 8 nitrogen and oxygen atoms in total. The molecule has 8 heteroatoms. The van der Waals surface area contributed by atoms with E-state index in [1.54, 1.807) is 31.2 Å². The van der Waals surface area contributed by atoms with Crippen molar-refractivity contribution in [2.24, 2.45) is 0 Å². The summed E-state index contributed by atoms with van der Waals surface area (Å²) in [5.74, 6) is 2.63. The molecule has 1 N–H and O–H groups in total. The van der Waals surface area contributed by atoms with E-state index in [1.165, 1.54) is 0 Å². The number of carbonyl (C=O) groups excluding carboxylic acids is 1. The quantitative estimate of drug-likeness (QED) is 0.727. The summed E-state index contributed by atoms with van der Waals surface area (Å²) in [6.07, 6.45) is 2.14. The van der Waals surface area contributed by atoms with Crippen molar-refractivity contribution in [1.29, 1.82) is 0 Å². The van der Waals surface area contributed by atoms with Crippen LogP contribution in [0.15, 0.2) is 30.3 Å². The number of ether oxygens (including phenoxy) is 2. The second kappa shape index (κ2) is 9.56.